The summed E-state index contributed by atoms with van der Waals surface area (Å²) in [7, 11) is 0. The fourth-order valence-corrected chi connectivity index (χ4v) is 0.491. The molecule has 0 unspecified atom stereocenters. The molecular weight excluding hydrogens is 118 g/mol. The van der Waals surface area contributed by atoms with Gasteiger partial charge in [-0.1, -0.05) is 5.16 Å². The third kappa shape index (κ3) is 2.64. The van der Waals surface area contributed by atoms with Crippen LogP contribution in [0, 0.1) is 13.8 Å². The summed E-state index contributed by atoms with van der Waals surface area (Å²) in [5, 5.41) is 3.64. The quantitative estimate of drug-likeness (QED) is 0.524. The van der Waals surface area contributed by atoms with Crippen molar-refractivity contribution < 1.29 is 9.32 Å². The first-order valence-corrected chi connectivity index (χ1v) is 2.48. The van der Waals surface area contributed by atoms with Crippen LogP contribution in [0.15, 0.2) is 10.6 Å². The molecule has 0 aromatic carbocycles. The predicted octanol–water partition coefficient (Wildman–Crippen LogP) is 1.11. The first kappa shape index (κ1) is 7.88. The van der Waals surface area contributed by atoms with Crippen LogP contribution >= 0.6 is 0 Å². The summed E-state index contributed by atoms with van der Waals surface area (Å²) in [6, 6.07) is 1.89. The Morgan fingerprint density at radius 2 is 2.11 bits per heavy atom. The average molecular weight is 127 g/mol. The van der Waals surface area contributed by atoms with E-state index in [4.69, 9.17) is 9.32 Å². The van der Waals surface area contributed by atoms with Gasteiger partial charge in [-0.15, -0.1) is 0 Å². The minimum atomic E-state index is 0.873. The van der Waals surface area contributed by atoms with Crippen LogP contribution < -0.4 is 0 Å². The third-order valence-corrected chi connectivity index (χ3v) is 0.746. The highest BCUT2D eigenvalue weighted by Gasteiger charge is 1.88. The van der Waals surface area contributed by atoms with E-state index in [-0.39, 0.29) is 0 Å². The fraction of sp³-hybridized carbons (Fsp3) is 0.333. The maximum Gasteiger partial charge on any atom is 0.133 e. The number of rotatable bonds is 0. The van der Waals surface area contributed by atoms with E-state index < -0.39 is 0 Å². The normalized spacial score (nSPS) is 7.78. The molecule has 0 radical (unpaired) electrons. The number of aromatic nitrogens is 1. The van der Waals surface area contributed by atoms with E-state index in [1.807, 2.05) is 26.7 Å². The summed E-state index contributed by atoms with van der Waals surface area (Å²) in [4.78, 5) is 8.00. The fourth-order valence-electron chi connectivity index (χ4n) is 0.491. The van der Waals surface area contributed by atoms with Crippen molar-refractivity contribution in [3.63, 3.8) is 0 Å². The molecule has 1 rings (SSSR count). The van der Waals surface area contributed by atoms with Crippen molar-refractivity contribution in [2.45, 2.75) is 13.8 Å². The summed E-state index contributed by atoms with van der Waals surface area (Å²) in [6.07, 6.45) is 0. The van der Waals surface area contributed by atoms with E-state index in [9.17, 15) is 0 Å². The van der Waals surface area contributed by atoms with Gasteiger partial charge < -0.3 is 9.32 Å². The lowest BCUT2D eigenvalue weighted by atomic mass is 10.4. The summed E-state index contributed by atoms with van der Waals surface area (Å²) >= 11 is 0. The van der Waals surface area contributed by atoms with Gasteiger partial charge in [0, 0.05) is 6.07 Å². The van der Waals surface area contributed by atoms with Gasteiger partial charge in [-0.3, -0.25) is 0 Å². The van der Waals surface area contributed by atoms with E-state index in [1.165, 1.54) is 0 Å². The zero-order chi connectivity index (χ0) is 7.28. The largest absolute Gasteiger partial charge is 0.361 e. The zero-order valence-corrected chi connectivity index (χ0v) is 5.55. The molecule has 0 saturated heterocycles. The topological polar surface area (TPSA) is 43.1 Å². The van der Waals surface area contributed by atoms with Gasteiger partial charge in [0.1, 0.15) is 12.5 Å². The Kier molecular flexibility index (Phi) is 3.35. The van der Waals surface area contributed by atoms with Crippen molar-refractivity contribution in [2.75, 3.05) is 0 Å². The maximum absolute atomic E-state index is 8.00. The average Bonchev–Trinajstić information content (AvgIpc) is 2.20. The first-order valence-electron chi connectivity index (χ1n) is 2.48. The van der Waals surface area contributed by atoms with E-state index in [0.29, 0.717) is 0 Å². The van der Waals surface area contributed by atoms with Crippen LogP contribution in [0.25, 0.3) is 0 Å². The van der Waals surface area contributed by atoms with Crippen molar-refractivity contribution in [2.24, 2.45) is 0 Å². The number of nitrogens with zero attached hydrogens (tertiary/aromatic N) is 1. The molecule has 9 heavy (non-hydrogen) atoms. The van der Waals surface area contributed by atoms with E-state index in [1.54, 1.807) is 0 Å². The molecule has 0 atom stereocenters. The second kappa shape index (κ2) is 3.83. The monoisotopic (exact) mass is 127 g/mol. The standard InChI is InChI=1S/C5H7NO.CH2O/c1-4-3-5(2)7-6-4;1-2/h3H,1-2H3;1H2. The van der Waals surface area contributed by atoms with Gasteiger partial charge in [-0.05, 0) is 13.8 Å². The molecule has 0 N–H and O–H groups in total. The van der Waals surface area contributed by atoms with Gasteiger partial charge in [0.2, 0.25) is 0 Å². The van der Waals surface area contributed by atoms with Gasteiger partial charge in [-0.2, -0.15) is 0 Å². The molecular formula is C6H9NO2. The Morgan fingerprint density at radius 1 is 1.56 bits per heavy atom. The van der Waals surface area contributed by atoms with Gasteiger partial charge >= 0.3 is 0 Å². The molecule has 1 aromatic rings. The molecule has 50 valence electrons. The molecule has 0 fully saturated rings. The van der Waals surface area contributed by atoms with Crippen molar-refractivity contribution in [3.05, 3.63) is 17.5 Å². The summed E-state index contributed by atoms with van der Waals surface area (Å²) < 4.78 is 4.71. The molecule has 1 aromatic heterocycles. The third-order valence-electron chi connectivity index (χ3n) is 0.746. The van der Waals surface area contributed by atoms with Crippen molar-refractivity contribution in [3.8, 4) is 0 Å². The van der Waals surface area contributed by atoms with Crippen LogP contribution in [-0.4, -0.2) is 11.9 Å². The van der Waals surface area contributed by atoms with Crippen LogP contribution in [-0.2, 0) is 4.79 Å². The predicted molar refractivity (Wildman–Crippen MR) is 33.1 cm³/mol. The maximum atomic E-state index is 8.00. The molecule has 0 saturated carbocycles. The molecule has 3 heteroatoms. The van der Waals surface area contributed by atoms with Gasteiger partial charge in [0.15, 0.2) is 0 Å². The van der Waals surface area contributed by atoms with Crippen molar-refractivity contribution in [1.29, 1.82) is 0 Å². The Bertz CT molecular complexity index is 155. The Balaban J connectivity index is 0.000000291. The molecule has 0 aliphatic rings. The minimum absolute atomic E-state index is 0.873. The van der Waals surface area contributed by atoms with Crippen molar-refractivity contribution in [1.82, 2.24) is 5.16 Å². The number of carbonyl (C=O) groups is 1. The Hall–Kier alpha value is -1.12. The van der Waals surface area contributed by atoms with Gasteiger partial charge in [0.05, 0.1) is 5.69 Å². The van der Waals surface area contributed by atoms with Crippen LogP contribution in [0.4, 0.5) is 0 Å². The molecule has 1 heterocycles. The lowest BCUT2D eigenvalue weighted by Gasteiger charge is -1.65. The summed E-state index contributed by atoms with van der Waals surface area (Å²) in [5.74, 6) is 0.873. The minimum Gasteiger partial charge on any atom is -0.361 e. The van der Waals surface area contributed by atoms with E-state index >= 15 is 0 Å². The van der Waals surface area contributed by atoms with Crippen LogP contribution in [0.2, 0.25) is 0 Å². The molecule has 0 spiro atoms. The number of hydrogen-bond donors (Lipinski definition) is 0. The summed E-state index contributed by atoms with van der Waals surface area (Å²) in [5.41, 5.74) is 0.942. The number of hydrogen-bond acceptors (Lipinski definition) is 3. The van der Waals surface area contributed by atoms with Gasteiger partial charge in [0.25, 0.3) is 0 Å². The van der Waals surface area contributed by atoms with Crippen molar-refractivity contribution >= 4 is 6.79 Å². The Labute approximate surface area is 53.7 Å². The molecule has 0 aliphatic carbocycles. The first-order chi connectivity index (χ1) is 4.29. The lowest BCUT2D eigenvalue weighted by Crippen LogP contribution is -1.59. The van der Waals surface area contributed by atoms with Crippen LogP contribution in [0.1, 0.15) is 11.5 Å². The summed E-state index contributed by atoms with van der Waals surface area (Å²) in [6.45, 7) is 5.77. The molecule has 0 amide bonds. The van der Waals surface area contributed by atoms with E-state index in [2.05, 4.69) is 5.16 Å². The smallest absolute Gasteiger partial charge is 0.133 e. The van der Waals surface area contributed by atoms with E-state index in [0.717, 1.165) is 11.5 Å². The lowest BCUT2D eigenvalue weighted by molar-refractivity contribution is -0.0979. The highest BCUT2D eigenvalue weighted by atomic mass is 16.5. The highest BCUT2D eigenvalue weighted by Crippen LogP contribution is 1.96. The van der Waals surface area contributed by atoms with Crippen LogP contribution in [0.5, 0.6) is 0 Å². The number of carbonyl (C=O) groups excluding carboxylic acids is 1. The SMILES string of the molecule is C=O.Cc1cc(C)on1. The van der Waals surface area contributed by atoms with Gasteiger partial charge in [-0.25, -0.2) is 0 Å². The zero-order valence-electron chi connectivity index (χ0n) is 5.55. The second-order valence-corrected chi connectivity index (χ2v) is 1.58. The van der Waals surface area contributed by atoms with Crippen LogP contribution in [0.3, 0.4) is 0 Å². The Morgan fingerprint density at radius 3 is 2.22 bits per heavy atom. The molecule has 0 aliphatic heterocycles. The highest BCUT2D eigenvalue weighted by molar-refractivity contribution is 5.11. The second-order valence-electron chi connectivity index (χ2n) is 1.58. The number of aryl methyl sites for hydroxylation is 2. The molecule has 3 nitrogen and oxygen atoms in total. The molecule has 0 bridgehead atoms.